The Morgan fingerprint density at radius 2 is 2.03 bits per heavy atom. The maximum Gasteiger partial charge on any atom is 0.221 e. The Kier molecular flexibility index (Phi) is 4.41. The van der Waals surface area contributed by atoms with Gasteiger partial charge >= 0.3 is 0 Å². The second-order valence-corrected chi connectivity index (χ2v) is 6.69. The molecule has 0 aliphatic heterocycles. The number of hydrogen-bond acceptors (Lipinski definition) is 7. The Bertz CT molecular complexity index is 1290. The number of ether oxygens (including phenoxy) is 1. The molecule has 0 bridgehead atoms. The van der Waals surface area contributed by atoms with Gasteiger partial charge in [-0.2, -0.15) is 5.10 Å². The quantitative estimate of drug-likeness (QED) is 0.442. The van der Waals surface area contributed by atoms with Gasteiger partial charge in [0.05, 0.1) is 37.8 Å². The first-order valence-electron chi connectivity index (χ1n) is 9.21. The second-order valence-electron chi connectivity index (χ2n) is 6.69. The lowest BCUT2D eigenvalue weighted by Gasteiger charge is -2.05. The van der Waals surface area contributed by atoms with Crippen molar-refractivity contribution in [3.05, 3.63) is 60.8 Å². The van der Waals surface area contributed by atoms with Crippen molar-refractivity contribution in [1.82, 2.24) is 39.7 Å². The zero-order valence-corrected chi connectivity index (χ0v) is 15.8. The Morgan fingerprint density at radius 1 is 1.07 bits per heavy atom. The van der Waals surface area contributed by atoms with E-state index >= 15 is 0 Å². The Labute approximate surface area is 166 Å². The van der Waals surface area contributed by atoms with E-state index in [9.17, 15) is 0 Å². The molecule has 1 aromatic carbocycles. The number of rotatable bonds is 6. The van der Waals surface area contributed by atoms with Gasteiger partial charge in [-0.05, 0) is 23.1 Å². The summed E-state index contributed by atoms with van der Waals surface area (Å²) in [6.45, 7) is 1.84. The lowest BCUT2D eigenvalue weighted by molar-refractivity contribution is 0.183. The molecule has 0 unspecified atom stereocenters. The summed E-state index contributed by atoms with van der Waals surface area (Å²) in [5.41, 5.74) is 3.89. The van der Waals surface area contributed by atoms with Gasteiger partial charge in [0.2, 0.25) is 5.65 Å². The standard InChI is InChI=1S/C20H18N8O/c1-29-7-6-27-13-17(10-23-27)18-11-22-19-20(24-18)28(26-25-19)12-14-2-3-16-9-21-5-4-15(16)8-14/h2-5,8-11,13H,6-7,12H2,1H3. The highest BCUT2D eigenvalue weighted by molar-refractivity contribution is 5.82. The van der Waals surface area contributed by atoms with Crippen LogP contribution < -0.4 is 0 Å². The Hall–Kier alpha value is -3.72. The van der Waals surface area contributed by atoms with Crippen LogP contribution in [0.3, 0.4) is 0 Å². The highest BCUT2D eigenvalue weighted by atomic mass is 16.5. The van der Waals surface area contributed by atoms with E-state index in [1.54, 1.807) is 30.4 Å². The molecule has 0 fully saturated rings. The van der Waals surface area contributed by atoms with Crippen molar-refractivity contribution < 1.29 is 4.74 Å². The molecular weight excluding hydrogens is 368 g/mol. The van der Waals surface area contributed by atoms with Crippen molar-refractivity contribution in [3.8, 4) is 11.3 Å². The summed E-state index contributed by atoms with van der Waals surface area (Å²) in [5, 5.41) is 15.0. The number of aromatic nitrogens is 8. The SMILES string of the molecule is COCCn1cc(-c2cnc3nnn(Cc4ccc5cnccc5c4)c3n2)cn1. The zero-order chi connectivity index (χ0) is 19.6. The molecule has 0 spiro atoms. The lowest BCUT2D eigenvalue weighted by atomic mass is 10.1. The minimum absolute atomic E-state index is 0.519. The monoisotopic (exact) mass is 386 g/mol. The number of hydrogen-bond donors (Lipinski definition) is 0. The maximum atomic E-state index is 5.09. The average molecular weight is 386 g/mol. The molecule has 0 atom stereocenters. The first-order chi connectivity index (χ1) is 14.3. The summed E-state index contributed by atoms with van der Waals surface area (Å²) in [6, 6.07) is 8.25. The third-order valence-corrected chi connectivity index (χ3v) is 4.72. The maximum absolute atomic E-state index is 5.09. The van der Waals surface area contributed by atoms with Crippen LogP contribution in [0.2, 0.25) is 0 Å². The number of pyridine rings is 1. The third-order valence-electron chi connectivity index (χ3n) is 4.72. The Balaban J connectivity index is 1.46. The molecule has 0 saturated heterocycles. The fourth-order valence-corrected chi connectivity index (χ4v) is 3.21. The molecule has 4 heterocycles. The molecule has 9 nitrogen and oxygen atoms in total. The van der Waals surface area contributed by atoms with Crippen molar-refractivity contribution in [2.24, 2.45) is 0 Å². The molecule has 0 aliphatic rings. The van der Waals surface area contributed by atoms with Crippen molar-refractivity contribution in [2.45, 2.75) is 13.1 Å². The fraction of sp³-hybridized carbons (Fsp3) is 0.200. The lowest BCUT2D eigenvalue weighted by Crippen LogP contribution is -2.04. The van der Waals surface area contributed by atoms with Gasteiger partial charge < -0.3 is 4.74 Å². The van der Waals surface area contributed by atoms with Crippen LogP contribution in [0.15, 0.2) is 55.2 Å². The summed E-state index contributed by atoms with van der Waals surface area (Å²) in [7, 11) is 1.67. The number of nitrogens with zero attached hydrogens (tertiary/aromatic N) is 8. The minimum Gasteiger partial charge on any atom is -0.383 e. The molecular formula is C20H18N8O. The molecule has 5 rings (SSSR count). The molecule has 0 N–H and O–H groups in total. The zero-order valence-electron chi connectivity index (χ0n) is 15.8. The second kappa shape index (κ2) is 7.36. The summed E-state index contributed by atoms with van der Waals surface area (Å²) in [6.07, 6.45) is 9.05. The highest BCUT2D eigenvalue weighted by Crippen LogP contribution is 2.19. The van der Waals surface area contributed by atoms with E-state index in [4.69, 9.17) is 9.72 Å². The van der Waals surface area contributed by atoms with E-state index < -0.39 is 0 Å². The van der Waals surface area contributed by atoms with E-state index in [2.05, 4.69) is 43.6 Å². The van der Waals surface area contributed by atoms with E-state index in [0.717, 1.165) is 27.6 Å². The van der Waals surface area contributed by atoms with Crippen LogP contribution in [0.25, 0.3) is 33.3 Å². The molecule has 5 aromatic rings. The molecule has 0 aliphatic carbocycles. The molecule has 0 saturated carbocycles. The normalized spacial score (nSPS) is 11.5. The smallest absolute Gasteiger partial charge is 0.221 e. The first-order valence-corrected chi connectivity index (χ1v) is 9.21. The molecule has 0 radical (unpaired) electrons. The van der Waals surface area contributed by atoms with Gasteiger partial charge in [-0.3, -0.25) is 9.67 Å². The highest BCUT2D eigenvalue weighted by Gasteiger charge is 2.12. The molecule has 9 heteroatoms. The van der Waals surface area contributed by atoms with Crippen molar-refractivity contribution >= 4 is 22.1 Å². The van der Waals surface area contributed by atoms with Crippen LogP contribution in [0.1, 0.15) is 5.56 Å². The Morgan fingerprint density at radius 3 is 2.97 bits per heavy atom. The predicted octanol–water partition coefficient (Wildman–Crippen LogP) is 2.33. The van der Waals surface area contributed by atoms with Gasteiger partial charge in [0.25, 0.3) is 0 Å². The van der Waals surface area contributed by atoms with Gasteiger partial charge in [0.1, 0.15) is 0 Å². The average Bonchev–Trinajstić information content (AvgIpc) is 3.39. The molecule has 144 valence electrons. The van der Waals surface area contributed by atoms with Crippen LogP contribution in [0.4, 0.5) is 0 Å². The van der Waals surface area contributed by atoms with Crippen LogP contribution >= 0.6 is 0 Å². The largest absolute Gasteiger partial charge is 0.383 e. The number of benzene rings is 1. The summed E-state index contributed by atoms with van der Waals surface area (Å²) < 4.78 is 8.69. The van der Waals surface area contributed by atoms with E-state index in [1.807, 2.05) is 23.1 Å². The van der Waals surface area contributed by atoms with Crippen LogP contribution in [0.5, 0.6) is 0 Å². The van der Waals surface area contributed by atoms with Crippen LogP contribution in [-0.2, 0) is 17.8 Å². The van der Waals surface area contributed by atoms with Crippen molar-refractivity contribution in [3.63, 3.8) is 0 Å². The number of fused-ring (bicyclic) bond motifs is 2. The van der Waals surface area contributed by atoms with Gasteiger partial charge in [-0.15, -0.1) is 5.10 Å². The topological polar surface area (TPSA) is 96.4 Å². The summed E-state index contributed by atoms with van der Waals surface area (Å²) in [5.74, 6) is 0. The van der Waals surface area contributed by atoms with Crippen LogP contribution in [-0.4, -0.2) is 53.4 Å². The first kappa shape index (κ1) is 17.4. The van der Waals surface area contributed by atoms with Gasteiger partial charge in [-0.1, -0.05) is 17.3 Å². The number of methoxy groups -OCH3 is 1. The van der Waals surface area contributed by atoms with Crippen molar-refractivity contribution in [2.75, 3.05) is 13.7 Å². The summed E-state index contributed by atoms with van der Waals surface area (Å²) in [4.78, 5) is 13.3. The van der Waals surface area contributed by atoms with E-state index in [-0.39, 0.29) is 0 Å². The summed E-state index contributed by atoms with van der Waals surface area (Å²) >= 11 is 0. The van der Waals surface area contributed by atoms with Gasteiger partial charge in [0.15, 0.2) is 5.65 Å². The van der Waals surface area contributed by atoms with Gasteiger partial charge in [-0.25, -0.2) is 14.6 Å². The molecule has 29 heavy (non-hydrogen) atoms. The van der Waals surface area contributed by atoms with Crippen molar-refractivity contribution in [1.29, 1.82) is 0 Å². The predicted molar refractivity (Wildman–Crippen MR) is 107 cm³/mol. The fourth-order valence-electron chi connectivity index (χ4n) is 3.21. The van der Waals surface area contributed by atoms with Crippen LogP contribution in [0, 0.1) is 0 Å². The minimum atomic E-state index is 0.519. The van der Waals surface area contributed by atoms with E-state index in [0.29, 0.717) is 31.0 Å². The third kappa shape index (κ3) is 3.43. The van der Waals surface area contributed by atoms with Gasteiger partial charge in [0, 0.05) is 36.7 Å². The molecule has 0 amide bonds. The molecule has 4 aromatic heterocycles. The van der Waals surface area contributed by atoms with E-state index in [1.165, 1.54) is 0 Å².